The van der Waals surface area contributed by atoms with E-state index >= 15 is 0 Å². The van der Waals surface area contributed by atoms with Crippen LogP contribution in [0.15, 0.2) is 0 Å². The van der Waals surface area contributed by atoms with Crippen molar-refractivity contribution in [3.8, 4) is 0 Å². The van der Waals surface area contributed by atoms with Crippen molar-refractivity contribution in [1.82, 2.24) is 10.2 Å². The number of aliphatic carboxylic acids is 1. The maximum atomic E-state index is 11.3. The topological polar surface area (TPSA) is 52.6 Å². The molecule has 1 aliphatic carbocycles. The van der Waals surface area contributed by atoms with Gasteiger partial charge in [0.25, 0.3) is 0 Å². The molecular weight excluding hydrogens is 264 g/mol. The summed E-state index contributed by atoms with van der Waals surface area (Å²) in [5, 5.41) is 12.6. The summed E-state index contributed by atoms with van der Waals surface area (Å²) >= 11 is 0. The lowest BCUT2D eigenvalue weighted by Gasteiger charge is -2.26. The van der Waals surface area contributed by atoms with Crippen molar-refractivity contribution in [3.63, 3.8) is 0 Å². The molecule has 2 N–H and O–H groups in total. The zero-order valence-electron chi connectivity index (χ0n) is 14.3. The zero-order chi connectivity index (χ0) is 15.8. The van der Waals surface area contributed by atoms with Gasteiger partial charge in [-0.25, -0.2) is 0 Å². The van der Waals surface area contributed by atoms with Crippen molar-refractivity contribution >= 4 is 5.97 Å². The van der Waals surface area contributed by atoms with Crippen molar-refractivity contribution in [2.45, 2.75) is 71.9 Å². The fraction of sp³-hybridized carbons (Fsp3) is 0.941. The second-order valence-electron chi connectivity index (χ2n) is 7.33. The smallest absolute Gasteiger partial charge is 0.320 e. The molecule has 0 amide bonds. The van der Waals surface area contributed by atoms with Gasteiger partial charge in [0.2, 0.25) is 0 Å². The summed E-state index contributed by atoms with van der Waals surface area (Å²) < 4.78 is 0. The average molecular weight is 298 g/mol. The molecule has 21 heavy (non-hydrogen) atoms. The van der Waals surface area contributed by atoms with Crippen LogP contribution in [0, 0.1) is 11.8 Å². The molecule has 124 valence electrons. The van der Waals surface area contributed by atoms with Crippen LogP contribution in [0.4, 0.5) is 0 Å². The Kier molecular flexibility index (Phi) is 8.27. The van der Waals surface area contributed by atoms with E-state index in [2.05, 4.69) is 37.9 Å². The summed E-state index contributed by atoms with van der Waals surface area (Å²) in [6.07, 6.45) is 5.35. The number of nitrogens with one attached hydrogen (secondary N) is 1. The lowest BCUT2D eigenvalue weighted by Crippen LogP contribution is -2.41. The molecule has 0 spiro atoms. The van der Waals surface area contributed by atoms with E-state index in [0.29, 0.717) is 24.3 Å². The Morgan fingerprint density at radius 1 is 1.05 bits per heavy atom. The number of nitrogens with zero attached hydrogens (tertiary/aromatic N) is 1. The SMILES string of the molecule is CC(C)CCN(CCC(C)C)CCC(NC1CC1)C(=O)O. The molecule has 0 heterocycles. The normalized spacial score (nSPS) is 16.9. The highest BCUT2D eigenvalue weighted by Gasteiger charge is 2.28. The molecule has 1 fully saturated rings. The van der Waals surface area contributed by atoms with Gasteiger partial charge in [-0.15, -0.1) is 0 Å². The molecule has 0 aromatic carbocycles. The number of rotatable bonds is 12. The van der Waals surface area contributed by atoms with E-state index < -0.39 is 5.97 Å². The third-order valence-electron chi connectivity index (χ3n) is 4.09. The van der Waals surface area contributed by atoms with Gasteiger partial charge in [0.05, 0.1) is 0 Å². The van der Waals surface area contributed by atoms with Crippen molar-refractivity contribution in [2.24, 2.45) is 11.8 Å². The van der Waals surface area contributed by atoms with Gasteiger partial charge >= 0.3 is 5.97 Å². The van der Waals surface area contributed by atoms with Crippen LogP contribution in [0.5, 0.6) is 0 Å². The number of carboxylic acids is 1. The van der Waals surface area contributed by atoms with E-state index in [-0.39, 0.29) is 6.04 Å². The largest absolute Gasteiger partial charge is 0.480 e. The minimum Gasteiger partial charge on any atom is -0.480 e. The lowest BCUT2D eigenvalue weighted by atomic mass is 10.1. The Morgan fingerprint density at radius 2 is 1.52 bits per heavy atom. The van der Waals surface area contributed by atoms with E-state index in [4.69, 9.17) is 0 Å². The maximum absolute atomic E-state index is 11.3. The van der Waals surface area contributed by atoms with Gasteiger partial charge in [0.1, 0.15) is 6.04 Å². The third-order valence-corrected chi connectivity index (χ3v) is 4.09. The molecule has 0 saturated heterocycles. The molecule has 4 nitrogen and oxygen atoms in total. The molecule has 0 aromatic rings. The number of carbonyl (C=O) groups is 1. The number of carboxylic acid groups (broad SMARTS) is 1. The Labute approximate surface area is 130 Å². The quantitative estimate of drug-likeness (QED) is 0.581. The van der Waals surface area contributed by atoms with Crippen LogP contribution in [-0.2, 0) is 4.79 Å². The third kappa shape index (κ3) is 9.10. The first-order valence-corrected chi connectivity index (χ1v) is 8.59. The van der Waals surface area contributed by atoms with Crippen molar-refractivity contribution in [2.75, 3.05) is 19.6 Å². The van der Waals surface area contributed by atoms with Crippen LogP contribution in [-0.4, -0.2) is 47.7 Å². The molecule has 0 aliphatic heterocycles. The van der Waals surface area contributed by atoms with Gasteiger partial charge in [-0.3, -0.25) is 4.79 Å². The molecule has 4 heteroatoms. The Balaban J connectivity index is 2.38. The zero-order valence-corrected chi connectivity index (χ0v) is 14.3. The molecule has 1 aliphatic rings. The maximum Gasteiger partial charge on any atom is 0.320 e. The molecule has 1 rings (SSSR count). The lowest BCUT2D eigenvalue weighted by molar-refractivity contribution is -0.139. The molecule has 0 bridgehead atoms. The Morgan fingerprint density at radius 3 is 1.90 bits per heavy atom. The van der Waals surface area contributed by atoms with Gasteiger partial charge in [-0.2, -0.15) is 0 Å². The number of hydrogen-bond acceptors (Lipinski definition) is 3. The van der Waals surface area contributed by atoms with Crippen LogP contribution in [0.1, 0.15) is 59.8 Å². The second kappa shape index (κ2) is 9.42. The molecule has 1 saturated carbocycles. The van der Waals surface area contributed by atoms with Crippen LogP contribution in [0.25, 0.3) is 0 Å². The Bertz CT molecular complexity index is 289. The molecular formula is C17H34N2O2. The Hall–Kier alpha value is -0.610. The fourth-order valence-corrected chi connectivity index (χ4v) is 2.34. The monoisotopic (exact) mass is 298 g/mol. The highest BCUT2D eigenvalue weighted by Crippen LogP contribution is 2.20. The summed E-state index contributed by atoms with van der Waals surface area (Å²) in [7, 11) is 0. The molecule has 1 unspecified atom stereocenters. The minimum absolute atomic E-state index is 0.377. The summed E-state index contributed by atoms with van der Waals surface area (Å²) in [6, 6.07) is 0.0731. The molecule has 0 aromatic heterocycles. The van der Waals surface area contributed by atoms with Crippen molar-refractivity contribution in [3.05, 3.63) is 0 Å². The summed E-state index contributed by atoms with van der Waals surface area (Å²) in [5.41, 5.74) is 0. The van der Waals surface area contributed by atoms with Crippen LogP contribution in [0.2, 0.25) is 0 Å². The van der Waals surface area contributed by atoms with Crippen LogP contribution < -0.4 is 5.32 Å². The first-order chi connectivity index (χ1) is 9.88. The van der Waals surface area contributed by atoms with Crippen molar-refractivity contribution < 1.29 is 9.90 Å². The summed E-state index contributed by atoms with van der Waals surface area (Å²) in [4.78, 5) is 13.8. The van der Waals surface area contributed by atoms with Gasteiger partial charge in [0, 0.05) is 12.6 Å². The summed E-state index contributed by atoms with van der Waals surface area (Å²) in [6.45, 7) is 12.0. The predicted molar refractivity (Wildman–Crippen MR) is 87.5 cm³/mol. The van der Waals surface area contributed by atoms with Gasteiger partial charge in [-0.1, -0.05) is 27.7 Å². The minimum atomic E-state index is -0.699. The van der Waals surface area contributed by atoms with Gasteiger partial charge in [0.15, 0.2) is 0 Å². The highest BCUT2D eigenvalue weighted by atomic mass is 16.4. The average Bonchev–Trinajstić information content (AvgIpc) is 3.19. The molecule has 0 radical (unpaired) electrons. The first kappa shape index (κ1) is 18.4. The van der Waals surface area contributed by atoms with Crippen LogP contribution in [0.3, 0.4) is 0 Å². The number of hydrogen-bond donors (Lipinski definition) is 2. The first-order valence-electron chi connectivity index (χ1n) is 8.59. The fourth-order valence-electron chi connectivity index (χ4n) is 2.34. The van der Waals surface area contributed by atoms with E-state index in [9.17, 15) is 9.90 Å². The predicted octanol–water partition coefficient (Wildman–Crippen LogP) is 2.98. The van der Waals surface area contributed by atoms with Gasteiger partial charge < -0.3 is 15.3 Å². The second-order valence-corrected chi connectivity index (χ2v) is 7.33. The molecule has 1 atom stereocenters. The van der Waals surface area contributed by atoms with Gasteiger partial charge in [-0.05, 0) is 57.0 Å². The van der Waals surface area contributed by atoms with E-state index in [1.165, 1.54) is 12.8 Å². The highest BCUT2D eigenvalue weighted by molar-refractivity contribution is 5.73. The van der Waals surface area contributed by atoms with Crippen LogP contribution >= 0.6 is 0 Å². The van der Waals surface area contributed by atoms with E-state index in [1.807, 2.05) is 0 Å². The van der Waals surface area contributed by atoms with E-state index in [1.54, 1.807) is 0 Å². The van der Waals surface area contributed by atoms with Crippen molar-refractivity contribution in [1.29, 1.82) is 0 Å². The standard InChI is InChI=1S/C17H34N2O2/c1-13(2)7-10-19(11-8-14(3)4)12-9-16(17(20)21)18-15-5-6-15/h13-16,18H,5-12H2,1-4H3,(H,20,21). The van der Waals surface area contributed by atoms with E-state index in [0.717, 1.165) is 32.5 Å². The summed E-state index contributed by atoms with van der Waals surface area (Å²) in [5.74, 6) is 0.701.